The van der Waals surface area contributed by atoms with Gasteiger partial charge < -0.3 is 9.47 Å². The minimum absolute atomic E-state index is 0.0556. The Morgan fingerprint density at radius 1 is 1.05 bits per heavy atom. The van der Waals surface area contributed by atoms with E-state index in [0.717, 1.165) is 5.06 Å². The van der Waals surface area contributed by atoms with Gasteiger partial charge in [0.05, 0.1) is 54.1 Å². The number of hydroxylamine groups is 2. The summed E-state index contributed by atoms with van der Waals surface area (Å²) in [6, 6.07) is 6.79. The van der Waals surface area contributed by atoms with E-state index in [9.17, 15) is 40.0 Å². The summed E-state index contributed by atoms with van der Waals surface area (Å²) in [6.07, 6.45) is -9.93. The Bertz CT molecular complexity index is 1500. The fraction of sp³-hybridized carbons (Fsp3) is 0.464. The van der Waals surface area contributed by atoms with E-state index in [1.807, 2.05) is 0 Å². The number of fused-ring (bicyclic) bond motifs is 1. The van der Waals surface area contributed by atoms with Crippen molar-refractivity contribution in [1.29, 1.82) is 0 Å². The largest absolute Gasteiger partial charge is 0.496 e. The number of halogens is 6. The molecule has 3 unspecified atom stereocenters. The summed E-state index contributed by atoms with van der Waals surface area (Å²) in [5.41, 5.74) is -2.77. The molecule has 0 saturated carbocycles. The third-order valence-corrected chi connectivity index (χ3v) is 9.42. The van der Waals surface area contributed by atoms with Crippen molar-refractivity contribution in [1.82, 2.24) is 15.3 Å². The average Bonchev–Trinajstić information content (AvgIpc) is 2.96. The molecule has 2 N–H and O–H groups in total. The number of alkyl halides is 6. The predicted octanol–water partition coefficient (Wildman–Crippen LogP) is 4.04. The number of benzene rings is 2. The highest BCUT2D eigenvalue weighted by molar-refractivity contribution is 7.91. The van der Waals surface area contributed by atoms with Gasteiger partial charge in [-0.2, -0.15) is 26.3 Å². The zero-order valence-electron chi connectivity index (χ0n) is 23.4. The van der Waals surface area contributed by atoms with Gasteiger partial charge in [-0.15, -0.1) is 0 Å². The number of sulfone groups is 1. The Morgan fingerprint density at radius 3 is 2.30 bits per heavy atom. The predicted molar refractivity (Wildman–Crippen MR) is 147 cm³/mol. The molecule has 3 heterocycles. The van der Waals surface area contributed by atoms with Crippen LogP contribution < -0.4 is 10.1 Å². The van der Waals surface area contributed by atoms with E-state index in [-0.39, 0.29) is 61.0 Å². The normalized spacial score (nSPS) is 24.7. The number of nitrogens with one attached hydrogen (secondary N) is 1. The van der Waals surface area contributed by atoms with Gasteiger partial charge in [-0.3, -0.25) is 20.5 Å². The molecule has 0 spiro atoms. The molecular weight excluding hydrogens is 618 g/mol. The van der Waals surface area contributed by atoms with E-state index in [1.54, 1.807) is 29.2 Å². The van der Waals surface area contributed by atoms with E-state index >= 15 is 0 Å². The van der Waals surface area contributed by atoms with Crippen LogP contribution >= 0.6 is 0 Å². The highest BCUT2D eigenvalue weighted by atomic mass is 32.2. The lowest BCUT2D eigenvalue weighted by Crippen LogP contribution is -2.54. The lowest BCUT2D eigenvalue weighted by molar-refractivity contribution is -0.143. The number of para-hydroxylation sites is 1. The Kier molecular flexibility index (Phi) is 8.90. The van der Waals surface area contributed by atoms with E-state index in [0.29, 0.717) is 23.4 Å². The fourth-order valence-corrected chi connectivity index (χ4v) is 6.77. The topological polar surface area (TPSA) is 104 Å². The molecule has 44 heavy (non-hydrogen) atoms. The molecule has 3 atom stereocenters. The number of rotatable bonds is 5. The van der Waals surface area contributed by atoms with Gasteiger partial charge in [0.1, 0.15) is 5.75 Å². The number of hydrogen-bond acceptors (Lipinski definition) is 9. The number of hydrogen-bond donors (Lipinski definition) is 2. The molecule has 1 fully saturated rings. The zero-order valence-corrected chi connectivity index (χ0v) is 24.2. The molecule has 0 aromatic heterocycles. The molecule has 9 nitrogen and oxygen atoms in total. The number of aliphatic imine (C=N–C) groups is 1. The van der Waals surface area contributed by atoms with Crippen molar-refractivity contribution in [2.45, 2.75) is 31.0 Å². The molecule has 2 aromatic rings. The summed E-state index contributed by atoms with van der Waals surface area (Å²) in [5, 5.41) is 15.7. The molecule has 3 aliphatic rings. The lowest BCUT2D eigenvalue weighted by atomic mass is 9.89. The van der Waals surface area contributed by atoms with Crippen LogP contribution in [0, 0.1) is 5.92 Å². The first kappa shape index (κ1) is 32.1. The zero-order chi connectivity index (χ0) is 31.9. The fourth-order valence-electron chi connectivity index (χ4n) is 5.54. The Labute approximate surface area is 249 Å². The number of methoxy groups -OCH3 is 1. The van der Waals surface area contributed by atoms with Crippen molar-refractivity contribution >= 4 is 21.4 Å². The van der Waals surface area contributed by atoms with Crippen LogP contribution in [0.3, 0.4) is 0 Å². The number of nitrogens with zero attached hydrogens (tertiary/aromatic N) is 3. The maximum atomic E-state index is 13.7. The average molecular weight is 649 g/mol. The highest BCUT2D eigenvalue weighted by Crippen LogP contribution is 2.39. The first-order chi connectivity index (χ1) is 20.7. The van der Waals surface area contributed by atoms with Gasteiger partial charge in [0.15, 0.2) is 22.0 Å². The quantitative estimate of drug-likeness (QED) is 0.469. The van der Waals surface area contributed by atoms with Crippen LogP contribution in [0.2, 0.25) is 0 Å². The van der Waals surface area contributed by atoms with Crippen LogP contribution in [-0.2, 0) is 33.3 Å². The van der Waals surface area contributed by atoms with Crippen molar-refractivity contribution < 1.29 is 49.4 Å². The van der Waals surface area contributed by atoms with Gasteiger partial charge in [-0.1, -0.05) is 12.1 Å². The highest BCUT2D eigenvalue weighted by Gasteiger charge is 2.42. The molecular formula is C28H30F6N4O5S. The number of ether oxygens (including phenoxy) is 2. The summed E-state index contributed by atoms with van der Waals surface area (Å²) in [7, 11) is -1.85. The Morgan fingerprint density at radius 2 is 1.68 bits per heavy atom. The van der Waals surface area contributed by atoms with Gasteiger partial charge >= 0.3 is 12.4 Å². The van der Waals surface area contributed by atoms with Crippen LogP contribution in [0.25, 0.3) is 5.70 Å². The van der Waals surface area contributed by atoms with E-state index in [1.165, 1.54) is 13.2 Å². The first-order valence-electron chi connectivity index (χ1n) is 13.6. The second-order valence-corrected chi connectivity index (χ2v) is 13.0. The summed E-state index contributed by atoms with van der Waals surface area (Å²) in [6.45, 7) is 0.498. The summed E-state index contributed by atoms with van der Waals surface area (Å²) in [4.78, 5) is 6.14. The van der Waals surface area contributed by atoms with Crippen LogP contribution in [0.15, 0.2) is 53.5 Å². The molecule has 16 heteroatoms. The van der Waals surface area contributed by atoms with Crippen molar-refractivity contribution in [2.24, 2.45) is 10.9 Å². The Balaban J connectivity index is 1.63. The lowest BCUT2D eigenvalue weighted by Gasteiger charge is -2.42. The van der Waals surface area contributed by atoms with Gasteiger partial charge in [0.25, 0.3) is 0 Å². The van der Waals surface area contributed by atoms with Crippen LogP contribution in [0.5, 0.6) is 5.75 Å². The molecule has 5 rings (SSSR count). The van der Waals surface area contributed by atoms with Crippen LogP contribution in [0.1, 0.15) is 22.3 Å². The smallest absolute Gasteiger partial charge is 0.416 e. The summed E-state index contributed by atoms with van der Waals surface area (Å²) in [5.74, 6) is -0.613. The van der Waals surface area contributed by atoms with Crippen molar-refractivity contribution in [3.05, 3.63) is 70.8 Å². The molecule has 0 bridgehead atoms. The standard InChI is InChI=1S/C28H30F6N4O5S/c1-42-24-5-3-2-4-20(24)23-14-25(37-6-8-44(40,41)9-7-37)43-26-21(15-35-16-36-26)22(38(23)39)12-17-10-18(27(29,30)31)13-19(11-17)28(32,33)34/h2-5,10-11,13-14,21-22,25,35,39H,6-9,12,15-16H2,1H3. The van der Waals surface area contributed by atoms with Gasteiger partial charge in [-0.05, 0) is 48.4 Å². The summed E-state index contributed by atoms with van der Waals surface area (Å²) < 4.78 is 118. The molecule has 0 radical (unpaired) electrons. The SMILES string of the molecule is COc1ccccc1C1=CC(N2CCS(=O)(=O)CC2)OC2=NCNCC2C(Cc2cc(C(F)(F)F)cc(C(F)(F)F)c2)N1O. The monoisotopic (exact) mass is 648 g/mol. The van der Waals surface area contributed by atoms with E-state index in [2.05, 4.69) is 10.3 Å². The minimum atomic E-state index is -5.05. The minimum Gasteiger partial charge on any atom is -0.496 e. The second-order valence-electron chi connectivity index (χ2n) is 10.7. The van der Waals surface area contributed by atoms with Gasteiger partial charge in [0.2, 0.25) is 0 Å². The van der Waals surface area contributed by atoms with Crippen molar-refractivity contribution in [3.63, 3.8) is 0 Å². The summed E-state index contributed by atoms with van der Waals surface area (Å²) >= 11 is 0. The molecule has 2 aromatic carbocycles. The van der Waals surface area contributed by atoms with Gasteiger partial charge in [-0.25, -0.2) is 13.4 Å². The third-order valence-electron chi connectivity index (χ3n) is 7.81. The molecule has 1 saturated heterocycles. The maximum absolute atomic E-state index is 13.7. The van der Waals surface area contributed by atoms with E-state index < -0.39 is 57.9 Å². The van der Waals surface area contributed by atoms with Crippen LogP contribution in [-0.4, -0.2) is 86.7 Å². The van der Waals surface area contributed by atoms with Gasteiger partial charge in [0, 0.05) is 25.2 Å². The molecule has 3 aliphatic heterocycles. The Hall–Kier alpha value is -3.34. The second kappa shape index (κ2) is 12.2. The first-order valence-corrected chi connectivity index (χ1v) is 15.5. The molecule has 240 valence electrons. The molecule has 0 aliphatic carbocycles. The van der Waals surface area contributed by atoms with Crippen LogP contribution in [0.4, 0.5) is 26.3 Å². The molecule has 0 amide bonds. The van der Waals surface area contributed by atoms with Crippen molar-refractivity contribution in [2.75, 3.05) is 44.9 Å². The van der Waals surface area contributed by atoms with Crippen molar-refractivity contribution in [3.8, 4) is 5.75 Å². The van der Waals surface area contributed by atoms with E-state index in [4.69, 9.17) is 9.47 Å². The third kappa shape index (κ3) is 6.98. The maximum Gasteiger partial charge on any atom is 0.416 e.